The molecule has 0 bridgehead atoms. The van der Waals surface area contributed by atoms with Gasteiger partial charge in [-0.2, -0.15) is 0 Å². The highest BCUT2D eigenvalue weighted by atomic mass is 16.5. The van der Waals surface area contributed by atoms with Crippen molar-refractivity contribution in [1.29, 1.82) is 0 Å². The lowest BCUT2D eigenvalue weighted by Gasteiger charge is -2.45. The number of rotatable bonds is 3. The smallest absolute Gasteiger partial charge is 0.132 e. The Balaban J connectivity index is 1.24. The number of benzene rings is 7. The number of pyridine rings is 1. The maximum atomic E-state index is 7.01. The van der Waals surface area contributed by atoms with Crippen LogP contribution in [0, 0.1) is 0 Å². The zero-order valence-corrected chi connectivity index (χ0v) is 28.0. The van der Waals surface area contributed by atoms with Crippen molar-refractivity contribution in [3.63, 3.8) is 0 Å². The first-order valence-electron chi connectivity index (χ1n) is 17.6. The molecule has 0 N–H and O–H groups in total. The summed E-state index contributed by atoms with van der Waals surface area (Å²) in [7, 11) is 0. The Morgan fingerprint density at radius 3 is 1.90 bits per heavy atom. The van der Waals surface area contributed by atoms with Gasteiger partial charge in [-0.3, -0.25) is 4.98 Å². The lowest BCUT2D eigenvalue weighted by Crippen LogP contribution is -2.37. The van der Waals surface area contributed by atoms with Gasteiger partial charge in [-0.1, -0.05) is 115 Å². The van der Waals surface area contributed by atoms with E-state index in [0.717, 1.165) is 78.8 Å². The van der Waals surface area contributed by atoms with Gasteiger partial charge in [0.05, 0.1) is 22.1 Å². The molecule has 0 saturated carbocycles. The third-order valence-electron chi connectivity index (χ3n) is 10.8. The number of hydrogen-bond donors (Lipinski definition) is 0. The van der Waals surface area contributed by atoms with Crippen LogP contribution in [0.1, 0.15) is 22.3 Å². The lowest BCUT2D eigenvalue weighted by molar-refractivity contribution is 0.400. The van der Waals surface area contributed by atoms with Crippen LogP contribution in [-0.2, 0) is 5.41 Å². The molecule has 4 nitrogen and oxygen atoms in total. The Hall–Kier alpha value is -6.91. The van der Waals surface area contributed by atoms with E-state index < -0.39 is 5.41 Å². The second-order valence-corrected chi connectivity index (χ2v) is 13.5. The minimum Gasteiger partial charge on any atom is -0.457 e. The van der Waals surface area contributed by atoms with Gasteiger partial charge in [0, 0.05) is 50.5 Å². The highest BCUT2D eigenvalue weighted by Gasteiger charge is 2.51. The molecule has 0 saturated heterocycles. The van der Waals surface area contributed by atoms with E-state index in [1.165, 1.54) is 16.3 Å². The van der Waals surface area contributed by atoms with Crippen molar-refractivity contribution in [1.82, 2.24) is 9.55 Å². The van der Waals surface area contributed by atoms with E-state index in [2.05, 4.69) is 155 Å². The zero-order valence-electron chi connectivity index (χ0n) is 28.0. The number of aromatic nitrogens is 2. The second-order valence-electron chi connectivity index (χ2n) is 13.5. The van der Waals surface area contributed by atoms with Gasteiger partial charge in [0.1, 0.15) is 23.0 Å². The number of hydrogen-bond acceptors (Lipinski definition) is 3. The number of para-hydroxylation sites is 4. The van der Waals surface area contributed by atoms with Gasteiger partial charge in [0.25, 0.3) is 0 Å². The summed E-state index contributed by atoms with van der Waals surface area (Å²) in [5.41, 5.74) is 11.2. The van der Waals surface area contributed by atoms with E-state index in [1.807, 2.05) is 36.5 Å². The summed E-state index contributed by atoms with van der Waals surface area (Å²) < 4.78 is 16.1. The van der Waals surface area contributed by atoms with Crippen LogP contribution >= 0.6 is 0 Å². The summed E-state index contributed by atoms with van der Waals surface area (Å²) in [5, 5.41) is 2.45. The van der Waals surface area contributed by atoms with Gasteiger partial charge in [0.15, 0.2) is 0 Å². The minimum atomic E-state index is -0.741. The molecule has 0 fully saturated rings. The Bertz CT molecular complexity index is 2810. The molecule has 7 aromatic carbocycles. The van der Waals surface area contributed by atoms with E-state index in [1.54, 1.807) is 0 Å². The normalized spacial score (nSPS) is 13.5. The molecule has 2 aromatic heterocycles. The molecule has 4 heterocycles. The molecular weight excluding hydrogens is 637 g/mol. The Kier molecular flexibility index (Phi) is 6.13. The molecule has 0 unspecified atom stereocenters. The van der Waals surface area contributed by atoms with Crippen LogP contribution in [0.4, 0.5) is 0 Å². The second kappa shape index (κ2) is 11.0. The molecule has 2 aliphatic heterocycles. The number of nitrogens with zero attached hydrogens (tertiary/aromatic N) is 2. The fourth-order valence-corrected chi connectivity index (χ4v) is 8.65. The molecule has 0 aliphatic carbocycles. The van der Waals surface area contributed by atoms with Crippen LogP contribution in [0.5, 0.6) is 23.0 Å². The molecule has 4 heteroatoms. The molecule has 11 rings (SSSR count). The fourth-order valence-electron chi connectivity index (χ4n) is 8.65. The molecule has 9 aromatic rings. The summed E-state index contributed by atoms with van der Waals surface area (Å²) in [6.07, 6.45) is 1.83. The lowest BCUT2D eigenvalue weighted by atomic mass is 9.61. The van der Waals surface area contributed by atoms with Crippen molar-refractivity contribution in [2.24, 2.45) is 0 Å². The average molecular weight is 667 g/mol. The van der Waals surface area contributed by atoms with Gasteiger partial charge in [-0.05, 0) is 71.8 Å². The summed E-state index contributed by atoms with van der Waals surface area (Å²) in [4.78, 5) is 4.66. The van der Waals surface area contributed by atoms with Crippen LogP contribution in [0.15, 0.2) is 182 Å². The summed E-state index contributed by atoms with van der Waals surface area (Å²) in [6, 6.07) is 62.1. The predicted octanol–water partition coefficient (Wildman–Crippen LogP) is 12.1. The van der Waals surface area contributed by atoms with E-state index in [0.29, 0.717) is 0 Å². The van der Waals surface area contributed by atoms with Gasteiger partial charge >= 0.3 is 0 Å². The quantitative estimate of drug-likeness (QED) is 0.188. The van der Waals surface area contributed by atoms with Crippen molar-refractivity contribution in [2.45, 2.75) is 5.41 Å². The molecule has 244 valence electrons. The van der Waals surface area contributed by atoms with Gasteiger partial charge in [0.2, 0.25) is 0 Å². The maximum Gasteiger partial charge on any atom is 0.132 e. The van der Waals surface area contributed by atoms with Crippen LogP contribution in [0.25, 0.3) is 49.9 Å². The molecule has 0 radical (unpaired) electrons. The largest absolute Gasteiger partial charge is 0.457 e. The molecular formula is C48H30N2O2. The minimum absolute atomic E-state index is 0.741. The van der Waals surface area contributed by atoms with Crippen LogP contribution < -0.4 is 9.47 Å². The highest BCUT2D eigenvalue weighted by molar-refractivity contribution is 6.10. The summed E-state index contributed by atoms with van der Waals surface area (Å²) in [5.74, 6) is 3.30. The van der Waals surface area contributed by atoms with Crippen molar-refractivity contribution in [3.05, 3.63) is 204 Å². The SMILES string of the molecule is c1ccc(-n2c3ccccc3c3ccc(-c4cccc5c4C4(c6ccccc6Oc6ccccc64)c4ccc(-c6ccccn6)cc4O5)cc32)cc1. The summed E-state index contributed by atoms with van der Waals surface area (Å²) >= 11 is 0. The van der Waals surface area contributed by atoms with E-state index in [4.69, 9.17) is 9.47 Å². The Labute approximate surface area is 300 Å². The fraction of sp³-hybridized carbons (Fsp3) is 0.0208. The van der Waals surface area contributed by atoms with Crippen molar-refractivity contribution >= 4 is 21.8 Å². The van der Waals surface area contributed by atoms with Gasteiger partial charge < -0.3 is 14.0 Å². The molecule has 52 heavy (non-hydrogen) atoms. The molecule has 0 amide bonds. The van der Waals surface area contributed by atoms with Crippen LogP contribution in [0.3, 0.4) is 0 Å². The molecule has 0 atom stereocenters. The average Bonchev–Trinajstić information content (AvgIpc) is 3.54. The standard InChI is InChI=1S/C48H30N2O2/c1-2-13-33(14-3-1)50-41-20-7-4-15-35(41)36-26-24-31(29-42(36)50)34-16-12-23-45-47(34)48(37-17-5-8-21-43(37)51-44-22-9-6-18-38(44)48)39-27-25-32(30-46(39)52-45)40-19-10-11-28-49-40/h1-30H. The third-order valence-corrected chi connectivity index (χ3v) is 10.8. The van der Waals surface area contributed by atoms with Gasteiger partial charge in [-0.25, -0.2) is 0 Å². The van der Waals surface area contributed by atoms with Crippen molar-refractivity contribution in [2.75, 3.05) is 0 Å². The predicted molar refractivity (Wildman–Crippen MR) is 208 cm³/mol. The molecule has 2 aliphatic rings. The number of ether oxygens (including phenoxy) is 2. The highest BCUT2D eigenvalue weighted by Crippen LogP contribution is 2.63. The van der Waals surface area contributed by atoms with Crippen LogP contribution in [0.2, 0.25) is 0 Å². The topological polar surface area (TPSA) is 36.3 Å². The van der Waals surface area contributed by atoms with E-state index in [9.17, 15) is 0 Å². The maximum absolute atomic E-state index is 7.01. The first-order valence-corrected chi connectivity index (χ1v) is 17.6. The van der Waals surface area contributed by atoms with E-state index in [-0.39, 0.29) is 0 Å². The third kappa shape index (κ3) is 4.00. The van der Waals surface area contributed by atoms with E-state index >= 15 is 0 Å². The zero-order chi connectivity index (χ0) is 34.2. The Morgan fingerprint density at radius 1 is 0.442 bits per heavy atom. The first kappa shape index (κ1) is 28.9. The van der Waals surface area contributed by atoms with Gasteiger partial charge in [-0.15, -0.1) is 0 Å². The number of fused-ring (bicyclic) bond motifs is 11. The summed E-state index contributed by atoms with van der Waals surface area (Å²) in [6.45, 7) is 0. The monoisotopic (exact) mass is 666 g/mol. The first-order chi connectivity index (χ1) is 25.8. The van der Waals surface area contributed by atoms with Crippen LogP contribution in [-0.4, -0.2) is 9.55 Å². The Morgan fingerprint density at radius 2 is 1.10 bits per heavy atom. The van der Waals surface area contributed by atoms with Crippen molar-refractivity contribution in [3.8, 4) is 51.1 Å². The van der Waals surface area contributed by atoms with Crippen molar-refractivity contribution < 1.29 is 9.47 Å². The molecule has 1 spiro atoms.